The van der Waals surface area contributed by atoms with Crippen LogP contribution in [-0.2, 0) is 12.8 Å². The van der Waals surface area contributed by atoms with Crippen LogP contribution in [0.2, 0.25) is 0 Å². The number of urea groups is 1. The van der Waals surface area contributed by atoms with E-state index in [4.69, 9.17) is 9.97 Å². The van der Waals surface area contributed by atoms with Crippen LogP contribution >= 0.6 is 0 Å². The van der Waals surface area contributed by atoms with Crippen LogP contribution in [0.25, 0.3) is 0 Å². The highest BCUT2D eigenvalue weighted by Crippen LogP contribution is 2.28. The van der Waals surface area contributed by atoms with Gasteiger partial charge in [-0.15, -0.1) is 0 Å². The predicted molar refractivity (Wildman–Crippen MR) is 122 cm³/mol. The lowest BCUT2D eigenvalue weighted by molar-refractivity contribution is 0.195. The molecular weight excluding hydrogens is 393 g/mol. The van der Waals surface area contributed by atoms with Crippen molar-refractivity contribution in [3.8, 4) is 0 Å². The average Bonchev–Trinajstić information content (AvgIpc) is 2.80. The lowest BCUT2D eigenvalue weighted by Gasteiger charge is -2.36. The standard InChI is InChI=1S/C24H34FN5O/c1-5-17(4)22-27-21(6-2)20(16-18-8-10-19(25)11-9-18)23(28-22)29-12-14-30(15-13-29)24(31)26-7-3/h8-11,17H,5-7,12-16H2,1-4H3,(H,26,31)/t17-/m1/s1. The Kier molecular flexibility index (Phi) is 7.82. The van der Waals surface area contributed by atoms with Gasteiger partial charge in [-0.3, -0.25) is 0 Å². The first-order valence-corrected chi connectivity index (χ1v) is 11.4. The van der Waals surface area contributed by atoms with Crippen LogP contribution in [0, 0.1) is 5.82 Å². The van der Waals surface area contributed by atoms with E-state index in [2.05, 4.69) is 31.0 Å². The van der Waals surface area contributed by atoms with Gasteiger partial charge in [0, 0.05) is 56.3 Å². The van der Waals surface area contributed by atoms with Gasteiger partial charge in [-0.1, -0.05) is 32.9 Å². The zero-order valence-corrected chi connectivity index (χ0v) is 19.1. The van der Waals surface area contributed by atoms with Gasteiger partial charge in [0.05, 0.1) is 0 Å². The van der Waals surface area contributed by atoms with Crippen LogP contribution in [0.3, 0.4) is 0 Å². The third-order valence-electron chi connectivity index (χ3n) is 5.96. The summed E-state index contributed by atoms with van der Waals surface area (Å²) < 4.78 is 13.4. The van der Waals surface area contributed by atoms with Crippen molar-refractivity contribution in [1.29, 1.82) is 0 Å². The van der Waals surface area contributed by atoms with Gasteiger partial charge in [0.2, 0.25) is 0 Å². The van der Waals surface area contributed by atoms with E-state index in [0.29, 0.717) is 26.1 Å². The van der Waals surface area contributed by atoms with Crippen LogP contribution < -0.4 is 10.2 Å². The molecule has 1 aliphatic heterocycles. The van der Waals surface area contributed by atoms with Crippen molar-refractivity contribution in [2.75, 3.05) is 37.6 Å². The van der Waals surface area contributed by atoms with Gasteiger partial charge >= 0.3 is 6.03 Å². The maximum absolute atomic E-state index is 13.4. The van der Waals surface area contributed by atoms with E-state index in [9.17, 15) is 9.18 Å². The molecule has 31 heavy (non-hydrogen) atoms. The number of carbonyl (C=O) groups is 1. The van der Waals surface area contributed by atoms with E-state index >= 15 is 0 Å². The number of carbonyl (C=O) groups excluding carboxylic acids is 1. The van der Waals surface area contributed by atoms with Crippen LogP contribution in [0.1, 0.15) is 62.7 Å². The zero-order chi connectivity index (χ0) is 22.4. The summed E-state index contributed by atoms with van der Waals surface area (Å²) in [6.07, 6.45) is 2.45. The molecule has 3 rings (SSSR count). The molecule has 7 heteroatoms. The van der Waals surface area contributed by atoms with Crippen molar-refractivity contribution in [2.24, 2.45) is 0 Å². The molecule has 1 saturated heterocycles. The molecule has 0 spiro atoms. The number of amides is 2. The first-order chi connectivity index (χ1) is 15.0. The zero-order valence-electron chi connectivity index (χ0n) is 19.1. The van der Waals surface area contributed by atoms with Crippen LogP contribution in [0.4, 0.5) is 15.0 Å². The Labute approximate surface area is 184 Å². The SMILES string of the molecule is CCNC(=O)N1CCN(c2nc([C@H](C)CC)nc(CC)c2Cc2ccc(F)cc2)CC1. The van der Waals surface area contributed by atoms with Crippen molar-refractivity contribution in [3.05, 3.63) is 52.7 Å². The molecule has 0 saturated carbocycles. The molecule has 2 amide bonds. The Hall–Kier alpha value is -2.70. The number of anilines is 1. The van der Waals surface area contributed by atoms with E-state index in [1.807, 2.05) is 24.0 Å². The van der Waals surface area contributed by atoms with E-state index in [-0.39, 0.29) is 17.8 Å². The van der Waals surface area contributed by atoms with Gasteiger partial charge in [0.25, 0.3) is 0 Å². The number of aromatic nitrogens is 2. The van der Waals surface area contributed by atoms with Gasteiger partial charge in [-0.2, -0.15) is 0 Å². The Bertz CT molecular complexity index is 878. The van der Waals surface area contributed by atoms with Crippen molar-refractivity contribution in [3.63, 3.8) is 0 Å². The predicted octanol–water partition coefficient (Wildman–Crippen LogP) is 4.13. The lowest BCUT2D eigenvalue weighted by Crippen LogP contribution is -2.52. The number of halogens is 1. The molecule has 2 aromatic rings. The number of hydrogen-bond donors (Lipinski definition) is 1. The number of nitrogens with one attached hydrogen (secondary N) is 1. The number of nitrogens with zero attached hydrogens (tertiary/aromatic N) is 4. The van der Waals surface area contributed by atoms with Gasteiger partial charge in [-0.25, -0.2) is 19.2 Å². The number of aryl methyl sites for hydroxylation is 1. The monoisotopic (exact) mass is 427 g/mol. The highest BCUT2D eigenvalue weighted by molar-refractivity contribution is 5.74. The fraction of sp³-hybridized carbons (Fsp3) is 0.542. The Morgan fingerprint density at radius 3 is 2.35 bits per heavy atom. The van der Waals surface area contributed by atoms with E-state index in [0.717, 1.165) is 54.4 Å². The number of hydrogen-bond acceptors (Lipinski definition) is 4. The summed E-state index contributed by atoms with van der Waals surface area (Å²) in [6.45, 7) is 11.8. The van der Waals surface area contributed by atoms with E-state index in [1.165, 1.54) is 12.1 Å². The third-order valence-corrected chi connectivity index (χ3v) is 5.96. The van der Waals surface area contributed by atoms with Crippen LogP contribution in [-0.4, -0.2) is 53.6 Å². The number of benzene rings is 1. The molecule has 1 aliphatic rings. The molecule has 6 nitrogen and oxygen atoms in total. The summed E-state index contributed by atoms with van der Waals surface area (Å²) in [5.74, 6) is 1.88. The molecule has 0 unspecified atom stereocenters. The quantitative estimate of drug-likeness (QED) is 0.722. The normalized spacial score (nSPS) is 15.1. The molecular formula is C24H34FN5O. The van der Waals surface area contributed by atoms with Crippen LogP contribution in [0.15, 0.2) is 24.3 Å². The Morgan fingerprint density at radius 2 is 1.77 bits per heavy atom. The smallest absolute Gasteiger partial charge is 0.317 e. The minimum absolute atomic E-state index is 0.00841. The molecule has 1 aromatic carbocycles. The van der Waals surface area contributed by atoms with Gasteiger partial charge in [-0.05, 0) is 37.5 Å². The Balaban J connectivity index is 1.94. The molecule has 0 bridgehead atoms. The van der Waals surface area contributed by atoms with Crippen molar-refractivity contribution in [1.82, 2.24) is 20.2 Å². The van der Waals surface area contributed by atoms with Crippen molar-refractivity contribution < 1.29 is 9.18 Å². The number of piperazine rings is 1. The average molecular weight is 428 g/mol. The topological polar surface area (TPSA) is 61.4 Å². The second-order valence-corrected chi connectivity index (χ2v) is 8.11. The summed E-state index contributed by atoms with van der Waals surface area (Å²) >= 11 is 0. The van der Waals surface area contributed by atoms with Gasteiger partial charge in [0.15, 0.2) is 0 Å². The molecule has 1 atom stereocenters. The highest BCUT2D eigenvalue weighted by atomic mass is 19.1. The largest absolute Gasteiger partial charge is 0.353 e. The molecule has 1 aromatic heterocycles. The second-order valence-electron chi connectivity index (χ2n) is 8.11. The first-order valence-electron chi connectivity index (χ1n) is 11.4. The minimum atomic E-state index is -0.232. The van der Waals surface area contributed by atoms with Gasteiger partial charge < -0.3 is 15.1 Å². The molecule has 2 heterocycles. The lowest BCUT2D eigenvalue weighted by atomic mass is 10.0. The summed E-state index contributed by atoms with van der Waals surface area (Å²) in [5, 5.41) is 2.88. The van der Waals surface area contributed by atoms with Crippen molar-refractivity contribution >= 4 is 11.8 Å². The molecule has 0 radical (unpaired) electrons. The van der Waals surface area contributed by atoms with E-state index in [1.54, 1.807) is 0 Å². The second kappa shape index (κ2) is 10.6. The fourth-order valence-corrected chi connectivity index (χ4v) is 3.86. The minimum Gasteiger partial charge on any atom is -0.353 e. The maximum Gasteiger partial charge on any atom is 0.317 e. The van der Waals surface area contributed by atoms with Gasteiger partial charge in [0.1, 0.15) is 17.5 Å². The number of rotatable bonds is 7. The fourth-order valence-electron chi connectivity index (χ4n) is 3.86. The molecule has 168 valence electrons. The molecule has 0 aliphatic carbocycles. The first kappa shape index (κ1) is 23.0. The molecule has 1 fully saturated rings. The summed E-state index contributed by atoms with van der Waals surface area (Å²) in [7, 11) is 0. The maximum atomic E-state index is 13.4. The Morgan fingerprint density at radius 1 is 1.10 bits per heavy atom. The summed E-state index contributed by atoms with van der Waals surface area (Å²) in [6, 6.07) is 6.65. The molecule has 1 N–H and O–H groups in total. The third kappa shape index (κ3) is 5.51. The summed E-state index contributed by atoms with van der Waals surface area (Å²) in [4.78, 5) is 26.3. The van der Waals surface area contributed by atoms with E-state index < -0.39 is 0 Å². The summed E-state index contributed by atoms with van der Waals surface area (Å²) in [5.41, 5.74) is 3.20. The van der Waals surface area contributed by atoms with Crippen molar-refractivity contribution in [2.45, 2.75) is 52.9 Å². The van der Waals surface area contributed by atoms with Crippen LogP contribution in [0.5, 0.6) is 0 Å². The highest BCUT2D eigenvalue weighted by Gasteiger charge is 2.26.